The van der Waals surface area contributed by atoms with Crippen LogP contribution in [0.2, 0.25) is 0 Å². The molecule has 1 unspecified atom stereocenters. The summed E-state index contributed by atoms with van der Waals surface area (Å²) >= 11 is 0. The van der Waals surface area contributed by atoms with E-state index in [1.54, 1.807) is 0 Å². The molecule has 0 saturated carbocycles. The van der Waals surface area contributed by atoms with Crippen LogP contribution in [0, 0.1) is 5.41 Å². The van der Waals surface area contributed by atoms with Gasteiger partial charge in [-0.25, -0.2) is 0 Å². The van der Waals surface area contributed by atoms with Gasteiger partial charge in [-0.15, -0.1) is 0 Å². The van der Waals surface area contributed by atoms with Gasteiger partial charge in [-0.2, -0.15) is 0 Å². The molecule has 1 aromatic rings. The number of benzene rings is 1. The molecule has 1 heteroatoms. The average Bonchev–Trinajstić information content (AvgIpc) is 2.27. The van der Waals surface area contributed by atoms with Gasteiger partial charge in [-0.05, 0) is 36.4 Å². The van der Waals surface area contributed by atoms with Crippen molar-refractivity contribution in [3.8, 4) is 0 Å². The Labute approximate surface area is 107 Å². The van der Waals surface area contributed by atoms with Crippen molar-refractivity contribution in [3.63, 3.8) is 0 Å². The molecule has 0 aromatic heterocycles. The molecule has 0 bridgehead atoms. The predicted octanol–water partition coefficient (Wildman–Crippen LogP) is 4.34. The lowest BCUT2D eigenvalue weighted by Gasteiger charge is -2.31. The molecule has 17 heavy (non-hydrogen) atoms. The summed E-state index contributed by atoms with van der Waals surface area (Å²) in [7, 11) is 2.04. The largest absolute Gasteiger partial charge is 0.313 e. The van der Waals surface area contributed by atoms with Crippen LogP contribution >= 0.6 is 0 Å². The Kier molecular flexibility index (Phi) is 5.20. The normalized spacial score (nSPS) is 13.7. The lowest BCUT2D eigenvalue weighted by Crippen LogP contribution is -2.29. The smallest absolute Gasteiger partial charge is 0.0366 e. The molecule has 1 N–H and O–H groups in total. The van der Waals surface area contributed by atoms with Gasteiger partial charge in [0.1, 0.15) is 0 Å². The molecule has 0 aliphatic rings. The zero-order valence-electron chi connectivity index (χ0n) is 12.0. The first kappa shape index (κ1) is 14.2. The second-order valence-corrected chi connectivity index (χ2v) is 5.93. The minimum Gasteiger partial charge on any atom is -0.313 e. The molecule has 0 spiro atoms. The van der Waals surface area contributed by atoms with Crippen LogP contribution in [0.4, 0.5) is 0 Å². The van der Waals surface area contributed by atoms with E-state index in [4.69, 9.17) is 0 Å². The first-order chi connectivity index (χ1) is 7.99. The molecular formula is C16H27N. The maximum absolute atomic E-state index is 3.42. The Bertz CT molecular complexity index is 318. The number of unbranched alkanes of at least 4 members (excludes halogenated alkanes) is 1. The van der Waals surface area contributed by atoms with E-state index >= 15 is 0 Å². The van der Waals surface area contributed by atoms with E-state index in [1.807, 2.05) is 7.05 Å². The molecule has 0 aliphatic carbocycles. The third-order valence-corrected chi connectivity index (χ3v) is 3.29. The predicted molar refractivity (Wildman–Crippen MR) is 76.3 cm³/mol. The van der Waals surface area contributed by atoms with Crippen molar-refractivity contribution < 1.29 is 0 Å². The third kappa shape index (κ3) is 4.16. The Morgan fingerprint density at radius 2 is 1.71 bits per heavy atom. The lowest BCUT2D eigenvalue weighted by molar-refractivity contribution is 0.287. The van der Waals surface area contributed by atoms with Crippen molar-refractivity contribution in [3.05, 3.63) is 35.4 Å². The van der Waals surface area contributed by atoms with Crippen molar-refractivity contribution in [1.82, 2.24) is 5.32 Å². The van der Waals surface area contributed by atoms with Gasteiger partial charge in [-0.1, -0.05) is 58.4 Å². The molecule has 0 fully saturated rings. The third-order valence-electron chi connectivity index (χ3n) is 3.29. The molecule has 96 valence electrons. The maximum Gasteiger partial charge on any atom is 0.0366 e. The van der Waals surface area contributed by atoms with Crippen molar-refractivity contribution in [2.75, 3.05) is 7.05 Å². The minimum absolute atomic E-state index is 0.250. The molecule has 0 radical (unpaired) electrons. The van der Waals surface area contributed by atoms with Crippen LogP contribution in [0.5, 0.6) is 0 Å². The fraction of sp³-hybridized carbons (Fsp3) is 0.625. The highest BCUT2D eigenvalue weighted by Crippen LogP contribution is 2.32. The Hall–Kier alpha value is -0.820. The molecule has 1 atom stereocenters. The fourth-order valence-corrected chi connectivity index (χ4v) is 2.36. The van der Waals surface area contributed by atoms with Crippen LogP contribution in [0.25, 0.3) is 0 Å². The molecule has 1 nitrogen and oxygen atoms in total. The topological polar surface area (TPSA) is 12.0 Å². The SMILES string of the molecule is CCCCc1ccc(C(NC)C(C)(C)C)cc1. The average molecular weight is 233 g/mol. The Balaban J connectivity index is 2.78. The zero-order chi connectivity index (χ0) is 12.9. The van der Waals surface area contributed by atoms with Crippen LogP contribution in [-0.4, -0.2) is 7.05 Å². The monoisotopic (exact) mass is 233 g/mol. The van der Waals surface area contributed by atoms with Crippen LogP contribution in [0.1, 0.15) is 57.7 Å². The van der Waals surface area contributed by atoms with Gasteiger partial charge in [0.25, 0.3) is 0 Å². The number of hydrogen-bond acceptors (Lipinski definition) is 1. The summed E-state index contributed by atoms with van der Waals surface area (Å²) in [6, 6.07) is 9.53. The van der Waals surface area contributed by atoms with Crippen molar-refractivity contribution in [2.45, 2.75) is 53.0 Å². The van der Waals surface area contributed by atoms with E-state index in [9.17, 15) is 0 Å². The summed E-state index contributed by atoms with van der Waals surface area (Å²) in [6.07, 6.45) is 3.76. The van der Waals surface area contributed by atoms with Gasteiger partial charge in [0.2, 0.25) is 0 Å². The second kappa shape index (κ2) is 6.20. The first-order valence-corrected chi connectivity index (χ1v) is 6.75. The van der Waals surface area contributed by atoms with Gasteiger partial charge >= 0.3 is 0 Å². The van der Waals surface area contributed by atoms with E-state index in [2.05, 4.69) is 57.3 Å². The van der Waals surface area contributed by atoms with Crippen molar-refractivity contribution in [1.29, 1.82) is 0 Å². The summed E-state index contributed by atoms with van der Waals surface area (Å²) in [5, 5.41) is 3.42. The van der Waals surface area contributed by atoms with Gasteiger partial charge in [0.05, 0.1) is 0 Å². The van der Waals surface area contributed by atoms with Gasteiger partial charge in [-0.3, -0.25) is 0 Å². The quantitative estimate of drug-likeness (QED) is 0.798. The Morgan fingerprint density at radius 3 is 2.12 bits per heavy atom. The summed E-state index contributed by atoms with van der Waals surface area (Å²) in [5.74, 6) is 0. The number of hydrogen-bond donors (Lipinski definition) is 1. The summed E-state index contributed by atoms with van der Waals surface area (Å²) in [6.45, 7) is 9.07. The molecule has 1 aromatic carbocycles. The van der Waals surface area contributed by atoms with E-state index in [0.717, 1.165) is 0 Å². The molecule has 0 heterocycles. The van der Waals surface area contributed by atoms with Crippen LogP contribution < -0.4 is 5.32 Å². The molecule has 0 aliphatic heterocycles. The number of aryl methyl sites for hydroxylation is 1. The highest BCUT2D eigenvalue weighted by molar-refractivity contribution is 5.26. The van der Waals surface area contributed by atoms with E-state index in [0.29, 0.717) is 6.04 Å². The summed E-state index contributed by atoms with van der Waals surface area (Å²) in [5.41, 5.74) is 3.10. The standard InChI is InChI=1S/C16H27N/c1-6-7-8-13-9-11-14(12-10-13)15(17-5)16(2,3)4/h9-12,15,17H,6-8H2,1-5H3. The number of nitrogens with one attached hydrogen (secondary N) is 1. The van der Waals surface area contributed by atoms with Gasteiger partial charge in [0, 0.05) is 6.04 Å². The van der Waals surface area contributed by atoms with Crippen molar-refractivity contribution >= 4 is 0 Å². The Morgan fingerprint density at radius 1 is 1.12 bits per heavy atom. The van der Waals surface area contributed by atoms with E-state index in [1.165, 1.54) is 30.4 Å². The molecule has 0 amide bonds. The van der Waals surface area contributed by atoms with Gasteiger partial charge in [0.15, 0.2) is 0 Å². The second-order valence-electron chi connectivity index (χ2n) is 5.93. The van der Waals surface area contributed by atoms with E-state index < -0.39 is 0 Å². The highest BCUT2D eigenvalue weighted by atomic mass is 14.9. The first-order valence-electron chi connectivity index (χ1n) is 6.75. The highest BCUT2D eigenvalue weighted by Gasteiger charge is 2.24. The van der Waals surface area contributed by atoms with E-state index in [-0.39, 0.29) is 5.41 Å². The molecular weight excluding hydrogens is 206 g/mol. The fourth-order valence-electron chi connectivity index (χ4n) is 2.36. The van der Waals surface area contributed by atoms with Crippen molar-refractivity contribution in [2.24, 2.45) is 5.41 Å². The molecule has 0 saturated heterocycles. The zero-order valence-corrected chi connectivity index (χ0v) is 12.0. The maximum atomic E-state index is 3.42. The number of rotatable bonds is 5. The summed E-state index contributed by atoms with van der Waals surface area (Å²) in [4.78, 5) is 0. The van der Waals surface area contributed by atoms with Crippen LogP contribution in [0.15, 0.2) is 24.3 Å². The molecule has 1 rings (SSSR count). The van der Waals surface area contributed by atoms with Crippen LogP contribution in [-0.2, 0) is 6.42 Å². The lowest BCUT2D eigenvalue weighted by atomic mass is 9.82. The van der Waals surface area contributed by atoms with Crippen LogP contribution in [0.3, 0.4) is 0 Å². The minimum atomic E-state index is 0.250. The summed E-state index contributed by atoms with van der Waals surface area (Å²) < 4.78 is 0. The van der Waals surface area contributed by atoms with Gasteiger partial charge < -0.3 is 5.32 Å².